The molecule has 1 aromatic rings. The largest absolute Gasteiger partial charge is 0.467 e. The highest BCUT2D eigenvalue weighted by Crippen LogP contribution is 2.19. The third-order valence-corrected chi connectivity index (χ3v) is 3.31. The molecule has 6 heteroatoms. The Labute approximate surface area is 116 Å². The highest BCUT2D eigenvalue weighted by atomic mass is 19.1. The molecule has 1 N–H and O–H groups in total. The zero-order valence-electron chi connectivity index (χ0n) is 11.3. The minimum absolute atomic E-state index is 0.195. The number of hydrogen-bond acceptors (Lipinski definition) is 5. The van der Waals surface area contributed by atoms with Crippen LogP contribution in [0.4, 0.5) is 4.39 Å². The van der Waals surface area contributed by atoms with E-state index >= 15 is 0 Å². The van der Waals surface area contributed by atoms with E-state index in [1.165, 1.54) is 13.2 Å². The van der Waals surface area contributed by atoms with Crippen molar-refractivity contribution in [2.24, 2.45) is 0 Å². The molecule has 0 bridgehead atoms. The van der Waals surface area contributed by atoms with Gasteiger partial charge >= 0.3 is 5.97 Å². The first kappa shape index (κ1) is 14.9. The number of halogens is 1. The standard InChI is InChI=1S/C14H18FNO4/c1-19-14(18)13(17)10-2-3-11(12(15)8-10)9-16-4-6-20-7-5-16/h2-3,8,13,17H,4-7,9H2,1H3. The van der Waals surface area contributed by atoms with Crippen LogP contribution in [0, 0.1) is 5.82 Å². The summed E-state index contributed by atoms with van der Waals surface area (Å²) in [6.45, 7) is 3.34. The van der Waals surface area contributed by atoms with E-state index in [4.69, 9.17) is 4.74 Å². The number of methoxy groups -OCH3 is 1. The monoisotopic (exact) mass is 283 g/mol. The van der Waals surface area contributed by atoms with Crippen LogP contribution in [-0.4, -0.2) is 49.4 Å². The van der Waals surface area contributed by atoms with Gasteiger partial charge in [-0.05, 0) is 11.6 Å². The second kappa shape index (κ2) is 6.78. The number of esters is 1. The molecule has 1 aliphatic heterocycles. The Hall–Kier alpha value is -1.50. The number of rotatable bonds is 4. The van der Waals surface area contributed by atoms with Crippen LogP contribution in [0.15, 0.2) is 18.2 Å². The fraction of sp³-hybridized carbons (Fsp3) is 0.500. The van der Waals surface area contributed by atoms with Crippen LogP contribution in [0.2, 0.25) is 0 Å². The summed E-state index contributed by atoms with van der Waals surface area (Å²) >= 11 is 0. The smallest absolute Gasteiger partial charge is 0.339 e. The lowest BCUT2D eigenvalue weighted by molar-refractivity contribution is -0.150. The molecular weight excluding hydrogens is 265 g/mol. The molecule has 0 saturated carbocycles. The predicted molar refractivity (Wildman–Crippen MR) is 69.5 cm³/mol. The topological polar surface area (TPSA) is 59.0 Å². The summed E-state index contributed by atoms with van der Waals surface area (Å²) in [5, 5.41) is 9.66. The van der Waals surface area contributed by atoms with Gasteiger partial charge in [0.15, 0.2) is 6.10 Å². The summed E-state index contributed by atoms with van der Waals surface area (Å²) in [5.41, 5.74) is 0.729. The SMILES string of the molecule is COC(=O)C(O)c1ccc(CN2CCOCC2)c(F)c1. The Balaban J connectivity index is 2.07. The molecule has 0 radical (unpaired) electrons. The van der Waals surface area contributed by atoms with Crippen molar-refractivity contribution in [3.63, 3.8) is 0 Å². The lowest BCUT2D eigenvalue weighted by Gasteiger charge is -2.26. The summed E-state index contributed by atoms with van der Waals surface area (Å²) in [6.07, 6.45) is -1.45. The molecule has 1 aliphatic rings. The summed E-state index contributed by atoms with van der Waals surface area (Å²) < 4.78 is 23.7. The lowest BCUT2D eigenvalue weighted by atomic mass is 10.1. The van der Waals surface area contributed by atoms with Gasteiger partial charge in [-0.15, -0.1) is 0 Å². The Bertz CT molecular complexity index is 474. The Morgan fingerprint density at radius 1 is 1.50 bits per heavy atom. The third-order valence-electron chi connectivity index (χ3n) is 3.31. The van der Waals surface area contributed by atoms with E-state index in [1.54, 1.807) is 12.1 Å². The lowest BCUT2D eigenvalue weighted by Crippen LogP contribution is -2.35. The van der Waals surface area contributed by atoms with Crippen molar-refractivity contribution in [1.29, 1.82) is 0 Å². The Kier molecular flexibility index (Phi) is 5.05. The molecule has 1 atom stereocenters. The average molecular weight is 283 g/mol. The molecule has 0 aliphatic carbocycles. The minimum Gasteiger partial charge on any atom is -0.467 e. The Morgan fingerprint density at radius 3 is 2.80 bits per heavy atom. The van der Waals surface area contributed by atoms with Crippen LogP contribution in [0.1, 0.15) is 17.2 Å². The van der Waals surface area contributed by atoms with Gasteiger partial charge in [-0.1, -0.05) is 12.1 Å². The van der Waals surface area contributed by atoms with Crippen molar-refractivity contribution in [3.8, 4) is 0 Å². The highest BCUT2D eigenvalue weighted by Gasteiger charge is 2.20. The molecule has 5 nitrogen and oxygen atoms in total. The zero-order chi connectivity index (χ0) is 14.5. The summed E-state index contributed by atoms with van der Waals surface area (Å²) in [4.78, 5) is 13.3. The minimum atomic E-state index is -1.45. The molecule has 0 amide bonds. The maximum atomic E-state index is 14.0. The summed E-state index contributed by atoms with van der Waals surface area (Å²) in [6, 6.07) is 4.31. The number of benzene rings is 1. The second-order valence-corrected chi connectivity index (χ2v) is 4.67. The normalized spacial score (nSPS) is 17.8. The van der Waals surface area contributed by atoms with Crippen molar-refractivity contribution < 1.29 is 23.8 Å². The quantitative estimate of drug-likeness (QED) is 0.831. The molecule has 20 heavy (non-hydrogen) atoms. The number of carbonyl (C=O) groups is 1. The van der Waals surface area contributed by atoms with E-state index in [0.717, 1.165) is 13.1 Å². The first-order valence-corrected chi connectivity index (χ1v) is 6.46. The van der Waals surface area contributed by atoms with E-state index in [1.807, 2.05) is 0 Å². The predicted octanol–water partition coefficient (Wildman–Crippen LogP) is 0.864. The van der Waals surface area contributed by atoms with Gasteiger partial charge in [0.25, 0.3) is 0 Å². The molecule has 1 aromatic carbocycles. The van der Waals surface area contributed by atoms with Crippen LogP contribution >= 0.6 is 0 Å². The van der Waals surface area contributed by atoms with Crippen molar-refractivity contribution in [2.45, 2.75) is 12.6 Å². The van der Waals surface area contributed by atoms with Crippen molar-refractivity contribution in [2.75, 3.05) is 33.4 Å². The fourth-order valence-electron chi connectivity index (χ4n) is 2.11. The third kappa shape index (κ3) is 3.53. The molecule has 1 heterocycles. The van der Waals surface area contributed by atoms with Crippen LogP contribution in [0.5, 0.6) is 0 Å². The van der Waals surface area contributed by atoms with Crippen molar-refractivity contribution in [1.82, 2.24) is 4.90 Å². The van der Waals surface area contributed by atoms with Crippen molar-refractivity contribution >= 4 is 5.97 Å². The van der Waals surface area contributed by atoms with E-state index < -0.39 is 17.9 Å². The fourth-order valence-corrected chi connectivity index (χ4v) is 2.11. The number of morpholine rings is 1. The number of aliphatic hydroxyl groups excluding tert-OH is 1. The van der Waals surface area contributed by atoms with Crippen LogP contribution in [-0.2, 0) is 20.8 Å². The van der Waals surface area contributed by atoms with Gasteiger partial charge in [0, 0.05) is 25.2 Å². The van der Waals surface area contributed by atoms with Gasteiger partial charge < -0.3 is 14.6 Å². The second-order valence-electron chi connectivity index (χ2n) is 4.67. The van der Waals surface area contributed by atoms with E-state index in [-0.39, 0.29) is 5.56 Å². The summed E-state index contributed by atoms with van der Waals surface area (Å²) in [7, 11) is 1.18. The van der Waals surface area contributed by atoms with Crippen LogP contribution in [0.25, 0.3) is 0 Å². The van der Waals surface area contributed by atoms with Gasteiger partial charge in [-0.2, -0.15) is 0 Å². The van der Waals surface area contributed by atoms with Crippen LogP contribution < -0.4 is 0 Å². The first-order chi connectivity index (χ1) is 9.61. The molecule has 0 spiro atoms. The summed E-state index contributed by atoms with van der Waals surface area (Å²) in [5.74, 6) is -1.23. The number of hydrogen-bond donors (Lipinski definition) is 1. The molecule has 0 aromatic heterocycles. The molecule has 2 rings (SSSR count). The number of aliphatic hydroxyl groups is 1. The van der Waals surface area contributed by atoms with E-state index in [9.17, 15) is 14.3 Å². The maximum Gasteiger partial charge on any atom is 0.339 e. The number of carbonyl (C=O) groups excluding carboxylic acids is 1. The van der Waals surface area contributed by atoms with Gasteiger partial charge in [0.1, 0.15) is 5.82 Å². The average Bonchev–Trinajstić information content (AvgIpc) is 2.48. The number of ether oxygens (including phenoxy) is 2. The van der Waals surface area contributed by atoms with Crippen LogP contribution in [0.3, 0.4) is 0 Å². The molecule has 110 valence electrons. The number of nitrogens with zero attached hydrogens (tertiary/aromatic N) is 1. The molecule has 1 unspecified atom stereocenters. The van der Waals surface area contributed by atoms with Gasteiger partial charge in [0.2, 0.25) is 0 Å². The Morgan fingerprint density at radius 2 is 2.20 bits per heavy atom. The molecule has 1 fully saturated rings. The maximum absolute atomic E-state index is 14.0. The highest BCUT2D eigenvalue weighted by molar-refractivity contribution is 5.76. The van der Waals surface area contributed by atoms with E-state index in [0.29, 0.717) is 25.3 Å². The van der Waals surface area contributed by atoms with Gasteiger partial charge in [-0.25, -0.2) is 9.18 Å². The first-order valence-electron chi connectivity index (χ1n) is 6.46. The zero-order valence-corrected chi connectivity index (χ0v) is 11.3. The molecular formula is C14H18FNO4. The molecule has 1 saturated heterocycles. The van der Waals surface area contributed by atoms with Gasteiger partial charge in [-0.3, -0.25) is 4.90 Å². The van der Waals surface area contributed by atoms with Gasteiger partial charge in [0.05, 0.1) is 20.3 Å². The van der Waals surface area contributed by atoms with Crippen molar-refractivity contribution in [3.05, 3.63) is 35.1 Å². The van der Waals surface area contributed by atoms with E-state index in [2.05, 4.69) is 9.64 Å².